The molecule has 0 bridgehead atoms. The molecule has 0 aliphatic carbocycles. The van der Waals surface area contributed by atoms with Crippen LogP contribution in [0.2, 0.25) is 0 Å². The van der Waals surface area contributed by atoms with E-state index in [1.54, 1.807) is 11.6 Å². The van der Waals surface area contributed by atoms with Gasteiger partial charge in [0, 0.05) is 18.3 Å². The summed E-state index contributed by atoms with van der Waals surface area (Å²) >= 11 is 0. The minimum absolute atomic E-state index is 0.0892. The minimum Gasteiger partial charge on any atom is -0.463 e. The van der Waals surface area contributed by atoms with Crippen LogP contribution in [0.15, 0.2) is 66.9 Å². The maximum atomic E-state index is 12.6. The Balaban J connectivity index is 1.61. The highest BCUT2D eigenvalue weighted by Crippen LogP contribution is 2.20. The van der Waals surface area contributed by atoms with Crippen molar-refractivity contribution in [2.75, 3.05) is 20.6 Å². The Bertz CT molecular complexity index is 923. The fraction of sp³-hybridized carbons (Fsp3) is 0.304. The van der Waals surface area contributed by atoms with Crippen LogP contribution in [0.5, 0.6) is 5.88 Å². The molecule has 3 rings (SSSR count). The highest BCUT2D eigenvalue weighted by molar-refractivity contribution is 5.80. The molecule has 0 spiro atoms. The number of para-hydroxylation sites is 1. The second kappa shape index (κ2) is 9.39. The highest BCUT2D eigenvalue weighted by Gasteiger charge is 2.20. The second-order valence-electron chi connectivity index (χ2n) is 7.29. The molecule has 6 nitrogen and oxygen atoms in total. The molecule has 6 heteroatoms. The number of hydrogen-bond acceptors (Lipinski definition) is 4. The summed E-state index contributed by atoms with van der Waals surface area (Å²) in [6.45, 7) is 4.16. The van der Waals surface area contributed by atoms with Gasteiger partial charge in [-0.15, -0.1) is 5.10 Å². The molecule has 3 aromatic rings. The number of nitrogens with one attached hydrogen (secondary N) is 1. The van der Waals surface area contributed by atoms with Gasteiger partial charge in [-0.05, 0) is 45.6 Å². The summed E-state index contributed by atoms with van der Waals surface area (Å²) in [4.78, 5) is 14.7. The fourth-order valence-electron chi connectivity index (χ4n) is 3.11. The molecule has 152 valence electrons. The number of benzene rings is 2. The highest BCUT2D eigenvalue weighted by atomic mass is 16.5. The van der Waals surface area contributed by atoms with Gasteiger partial charge >= 0.3 is 0 Å². The predicted octanol–water partition coefficient (Wildman–Crippen LogP) is 3.37. The monoisotopic (exact) mass is 392 g/mol. The Morgan fingerprint density at radius 1 is 1.10 bits per heavy atom. The van der Waals surface area contributed by atoms with Gasteiger partial charge in [0.1, 0.15) is 0 Å². The number of amides is 1. The maximum absolute atomic E-state index is 12.6. The number of rotatable bonds is 8. The standard InChI is InChI=1S/C23H28N4O2/c1-17-16-27(20-13-9-6-10-14-20)25-23(17)29-18(2)22(28)24-15-21(26(3)4)19-11-7-5-8-12-19/h5-14,16,18,21H,15H2,1-4H3,(H,24,28)/t18-,21+/m0/s1. The summed E-state index contributed by atoms with van der Waals surface area (Å²) in [7, 11) is 4.01. The predicted molar refractivity (Wildman–Crippen MR) is 114 cm³/mol. The van der Waals surface area contributed by atoms with Gasteiger partial charge < -0.3 is 15.0 Å². The zero-order valence-electron chi connectivity index (χ0n) is 17.4. The van der Waals surface area contributed by atoms with E-state index in [9.17, 15) is 4.79 Å². The van der Waals surface area contributed by atoms with Crippen LogP contribution in [0.25, 0.3) is 5.69 Å². The van der Waals surface area contributed by atoms with Gasteiger partial charge in [0.25, 0.3) is 5.91 Å². The van der Waals surface area contributed by atoms with E-state index in [0.29, 0.717) is 12.4 Å². The molecule has 2 atom stereocenters. The lowest BCUT2D eigenvalue weighted by Crippen LogP contribution is -2.41. The van der Waals surface area contributed by atoms with Gasteiger partial charge in [-0.1, -0.05) is 48.5 Å². The van der Waals surface area contributed by atoms with E-state index in [2.05, 4.69) is 27.4 Å². The number of aryl methyl sites for hydroxylation is 1. The first-order chi connectivity index (χ1) is 14.0. The van der Waals surface area contributed by atoms with Crippen molar-refractivity contribution in [3.05, 3.63) is 78.0 Å². The Hall–Kier alpha value is -3.12. The van der Waals surface area contributed by atoms with E-state index in [0.717, 1.165) is 16.8 Å². The molecule has 0 saturated carbocycles. The third-order valence-electron chi connectivity index (χ3n) is 4.81. The van der Waals surface area contributed by atoms with Crippen molar-refractivity contribution < 1.29 is 9.53 Å². The average Bonchev–Trinajstić information content (AvgIpc) is 3.09. The summed E-state index contributed by atoms with van der Waals surface area (Å²) in [5, 5.41) is 7.48. The van der Waals surface area contributed by atoms with Crippen molar-refractivity contribution >= 4 is 5.91 Å². The van der Waals surface area contributed by atoms with Crippen LogP contribution in [-0.4, -0.2) is 47.3 Å². The number of carbonyl (C=O) groups is 1. The van der Waals surface area contributed by atoms with Gasteiger partial charge in [-0.25, -0.2) is 4.68 Å². The number of nitrogens with zero attached hydrogens (tertiary/aromatic N) is 3. The van der Waals surface area contributed by atoms with E-state index < -0.39 is 6.10 Å². The average molecular weight is 393 g/mol. The van der Waals surface area contributed by atoms with Crippen molar-refractivity contribution in [2.45, 2.75) is 26.0 Å². The van der Waals surface area contributed by atoms with E-state index in [-0.39, 0.29) is 11.9 Å². The first-order valence-corrected chi connectivity index (χ1v) is 9.73. The van der Waals surface area contributed by atoms with E-state index in [1.807, 2.05) is 75.7 Å². The molecule has 0 fully saturated rings. The lowest BCUT2D eigenvalue weighted by atomic mass is 10.1. The number of aromatic nitrogens is 2. The summed E-state index contributed by atoms with van der Waals surface area (Å²) in [5.74, 6) is 0.296. The molecule has 1 aromatic heterocycles. The number of likely N-dealkylation sites (N-methyl/N-ethyl adjacent to an activating group) is 1. The summed E-state index contributed by atoms with van der Waals surface area (Å²) in [6.07, 6.45) is 1.25. The van der Waals surface area contributed by atoms with Crippen molar-refractivity contribution in [1.29, 1.82) is 0 Å². The third-order valence-corrected chi connectivity index (χ3v) is 4.81. The van der Waals surface area contributed by atoms with Crippen LogP contribution in [0.3, 0.4) is 0 Å². The fourth-order valence-corrected chi connectivity index (χ4v) is 3.11. The smallest absolute Gasteiger partial charge is 0.260 e. The van der Waals surface area contributed by atoms with E-state index in [4.69, 9.17) is 4.74 Å². The molecule has 2 aromatic carbocycles. The molecule has 1 amide bonds. The molecule has 0 unspecified atom stereocenters. The number of carbonyl (C=O) groups excluding carboxylic acids is 1. The zero-order valence-corrected chi connectivity index (χ0v) is 17.4. The topological polar surface area (TPSA) is 59.4 Å². The van der Waals surface area contributed by atoms with Crippen molar-refractivity contribution in [3.63, 3.8) is 0 Å². The maximum Gasteiger partial charge on any atom is 0.260 e. The summed E-state index contributed by atoms with van der Waals surface area (Å²) < 4.78 is 7.61. The van der Waals surface area contributed by atoms with Crippen molar-refractivity contribution in [1.82, 2.24) is 20.0 Å². The molecule has 0 aliphatic heterocycles. The number of ether oxygens (including phenoxy) is 1. The molecule has 1 N–H and O–H groups in total. The number of hydrogen-bond donors (Lipinski definition) is 1. The molecule has 0 radical (unpaired) electrons. The second-order valence-corrected chi connectivity index (χ2v) is 7.29. The molecular formula is C23H28N4O2. The molecule has 1 heterocycles. The van der Waals surface area contributed by atoms with Crippen LogP contribution in [0, 0.1) is 6.92 Å². The third kappa shape index (κ3) is 5.23. The van der Waals surface area contributed by atoms with Gasteiger partial charge in [0.15, 0.2) is 6.10 Å². The van der Waals surface area contributed by atoms with Crippen molar-refractivity contribution in [3.8, 4) is 11.6 Å². The first-order valence-electron chi connectivity index (χ1n) is 9.73. The van der Waals surface area contributed by atoms with Crippen LogP contribution in [0.4, 0.5) is 0 Å². The SMILES string of the molecule is Cc1cn(-c2ccccc2)nc1O[C@@H](C)C(=O)NC[C@H](c1ccccc1)N(C)C. The van der Waals surface area contributed by atoms with Crippen LogP contribution in [-0.2, 0) is 4.79 Å². The minimum atomic E-state index is -0.647. The molecule has 0 saturated heterocycles. The van der Waals surface area contributed by atoms with Crippen LogP contribution >= 0.6 is 0 Å². The Kier molecular flexibility index (Phi) is 6.67. The van der Waals surface area contributed by atoms with E-state index in [1.165, 1.54) is 0 Å². The first kappa shape index (κ1) is 20.6. The largest absolute Gasteiger partial charge is 0.463 e. The molecule has 0 aliphatic rings. The van der Waals surface area contributed by atoms with Crippen molar-refractivity contribution in [2.24, 2.45) is 0 Å². The Morgan fingerprint density at radius 2 is 1.72 bits per heavy atom. The summed E-state index contributed by atoms with van der Waals surface area (Å²) in [5.41, 5.74) is 2.98. The van der Waals surface area contributed by atoms with Crippen LogP contribution < -0.4 is 10.1 Å². The lowest BCUT2D eigenvalue weighted by Gasteiger charge is -2.25. The quantitative estimate of drug-likeness (QED) is 0.639. The Morgan fingerprint density at radius 3 is 2.34 bits per heavy atom. The summed E-state index contributed by atoms with van der Waals surface area (Å²) in [6, 6.07) is 20.0. The molecular weight excluding hydrogens is 364 g/mol. The van der Waals surface area contributed by atoms with Crippen LogP contribution in [0.1, 0.15) is 24.1 Å². The zero-order chi connectivity index (χ0) is 20.8. The Labute approximate surface area is 172 Å². The van der Waals surface area contributed by atoms with Gasteiger partial charge in [-0.2, -0.15) is 0 Å². The lowest BCUT2D eigenvalue weighted by molar-refractivity contribution is -0.127. The van der Waals surface area contributed by atoms with E-state index >= 15 is 0 Å². The van der Waals surface area contributed by atoms with Gasteiger partial charge in [0.05, 0.1) is 11.7 Å². The van der Waals surface area contributed by atoms with Gasteiger partial charge in [0.2, 0.25) is 5.88 Å². The molecule has 29 heavy (non-hydrogen) atoms. The normalized spacial score (nSPS) is 13.1. The van der Waals surface area contributed by atoms with Gasteiger partial charge in [-0.3, -0.25) is 4.79 Å².